The summed E-state index contributed by atoms with van der Waals surface area (Å²) in [6.45, 7) is 1.09. The fourth-order valence-corrected chi connectivity index (χ4v) is 1.16. The Labute approximate surface area is 94.1 Å². The highest BCUT2D eigenvalue weighted by atomic mass is 16.3. The van der Waals surface area contributed by atoms with Crippen LogP contribution >= 0.6 is 0 Å². The smallest absolute Gasteiger partial charge is 0.128 e. The van der Waals surface area contributed by atoms with Crippen LogP contribution < -0.4 is 16.4 Å². The molecule has 16 heavy (non-hydrogen) atoms. The standard InChI is InChI=1S/C10H15N5O/c11-6-8-1-2-14-10(5-8)15-9(12)7-13-3-4-16/h1-2,5,9,13,16H,3-4,7,12H2,(H,14,15). The highest BCUT2D eigenvalue weighted by molar-refractivity contribution is 5.42. The topological polar surface area (TPSA) is 107 Å². The lowest BCUT2D eigenvalue weighted by atomic mass is 10.3. The average Bonchev–Trinajstić information content (AvgIpc) is 2.29. The number of rotatable bonds is 6. The maximum absolute atomic E-state index is 8.69. The van der Waals surface area contributed by atoms with E-state index >= 15 is 0 Å². The number of aromatic nitrogens is 1. The van der Waals surface area contributed by atoms with Gasteiger partial charge in [-0.3, -0.25) is 0 Å². The van der Waals surface area contributed by atoms with Gasteiger partial charge in [0.2, 0.25) is 0 Å². The minimum Gasteiger partial charge on any atom is -0.395 e. The summed E-state index contributed by atoms with van der Waals surface area (Å²) < 4.78 is 0. The molecule has 0 saturated carbocycles. The third-order valence-corrected chi connectivity index (χ3v) is 1.88. The number of hydrogen-bond acceptors (Lipinski definition) is 6. The van der Waals surface area contributed by atoms with Crippen molar-refractivity contribution in [3.05, 3.63) is 23.9 Å². The Morgan fingerprint density at radius 2 is 2.44 bits per heavy atom. The lowest BCUT2D eigenvalue weighted by Crippen LogP contribution is -2.41. The summed E-state index contributed by atoms with van der Waals surface area (Å²) in [5, 5.41) is 23.2. The second kappa shape index (κ2) is 6.74. The summed E-state index contributed by atoms with van der Waals surface area (Å²) in [4.78, 5) is 4.04. The first kappa shape index (κ1) is 12.4. The number of pyridine rings is 1. The van der Waals surface area contributed by atoms with Crippen LogP contribution in [-0.4, -0.2) is 36.0 Å². The first-order chi connectivity index (χ1) is 7.76. The molecule has 1 heterocycles. The van der Waals surface area contributed by atoms with Crippen molar-refractivity contribution in [1.82, 2.24) is 10.3 Å². The summed E-state index contributed by atoms with van der Waals surface area (Å²) >= 11 is 0. The predicted octanol–water partition coefficient (Wildman–Crippen LogP) is -0.768. The van der Waals surface area contributed by atoms with Crippen molar-refractivity contribution in [1.29, 1.82) is 5.26 Å². The zero-order valence-electron chi connectivity index (χ0n) is 8.85. The molecule has 0 amide bonds. The Kier molecular flexibility index (Phi) is 5.22. The van der Waals surface area contributed by atoms with Crippen molar-refractivity contribution >= 4 is 5.82 Å². The summed E-state index contributed by atoms with van der Waals surface area (Å²) in [6, 6.07) is 5.28. The van der Waals surface area contributed by atoms with Gasteiger partial charge in [0.25, 0.3) is 0 Å². The number of nitriles is 1. The molecule has 0 aliphatic carbocycles. The van der Waals surface area contributed by atoms with E-state index in [9.17, 15) is 0 Å². The largest absolute Gasteiger partial charge is 0.395 e. The normalized spacial score (nSPS) is 11.8. The fraction of sp³-hybridized carbons (Fsp3) is 0.400. The van der Waals surface area contributed by atoms with Crippen LogP contribution in [0.1, 0.15) is 5.56 Å². The van der Waals surface area contributed by atoms with Gasteiger partial charge in [0.1, 0.15) is 5.82 Å². The molecule has 1 aromatic heterocycles. The SMILES string of the molecule is N#Cc1ccnc(NC(N)CNCCO)c1. The Morgan fingerprint density at radius 3 is 3.12 bits per heavy atom. The molecule has 0 aliphatic rings. The van der Waals surface area contributed by atoms with E-state index in [1.807, 2.05) is 6.07 Å². The van der Waals surface area contributed by atoms with Crippen molar-refractivity contribution in [3.8, 4) is 6.07 Å². The molecule has 1 unspecified atom stereocenters. The molecule has 0 saturated heterocycles. The third kappa shape index (κ3) is 4.23. The monoisotopic (exact) mass is 221 g/mol. The van der Waals surface area contributed by atoms with E-state index < -0.39 is 0 Å². The quantitative estimate of drug-likeness (QED) is 0.371. The van der Waals surface area contributed by atoms with Gasteiger partial charge in [-0.25, -0.2) is 4.98 Å². The number of nitrogens with one attached hydrogen (secondary N) is 2. The maximum Gasteiger partial charge on any atom is 0.128 e. The van der Waals surface area contributed by atoms with Crippen LogP contribution in [-0.2, 0) is 0 Å². The third-order valence-electron chi connectivity index (χ3n) is 1.88. The molecule has 1 atom stereocenters. The molecule has 0 fully saturated rings. The average molecular weight is 221 g/mol. The number of aliphatic hydroxyl groups is 1. The lowest BCUT2D eigenvalue weighted by molar-refractivity contribution is 0.291. The zero-order valence-corrected chi connectivity index (χ0v) is 8.85. The van der Waals surface area contributed by atoms with E-state index in [1.165, 1.54) is 0 Å². The van der Waals surface area contributed by atoms with E-state index in [1.54, 1.807) is 18.3 Å². The molecular formula is C10H15N5O. The molecule has 6 nitrogen and oxygen atoms in total. The van der Waals surface area contributed by atoms with Gasteiger partial charge in [0.15, 0.2) is 0 Å². The summed E-state index contributed by atoms with van der Waals surface area (Å²) in [5.74, 6) is 0.567. The molecule has 1 aromatic rings. The van der Waals surface area contributed by atoms with E-state index in [2.05, 4.69) is 15.6 Å². The first-order valence-electron chi connectivity index (χ1n) is 4.96. The number of nitrogens with two attached hydrogens (primary N) is 1. The van der Waals surface area contributed by atoms with E-state index in [4.69, 9.17) is 16.1 Å². The van der Waals surface area contributed by atoms with Gasteiger partial charge in [-0.2, -0.15) is 5.26 Å². The van der Waals surface area contributed by atoms with Gasteiger partial charge in [0.05, 0.1) is 24.4 Å². The van der Waals surface area contributed by atoms with Crippen LogP contribution in [0.5, 0.6) is 0 Å². The van der Waals surface area contributed by atoms with Crippen molar-refractivity contribution in [3.63, 3.8) is 0 Å². The molecule has 0 aromatic carbocycles. The Balaban J connectivity index is 2.43. The molecule has 86 valence electrons. The second-order valence-corrected chi connectivity index (χ2v) is 3.22. The van der Waals surface area contributed by atoms with Crippen molar-refractivity contribution in [2.24, 2.45) is 5.73 Å². The molecule has 6 heteroatoms. The molecular weight excluding hydrogens is 206 g/mol. The number of nitrogens with zero attached hydrogens (tertiary/aromatic N) is 2. The molecule has 0 radical (unpaired) electrons. The fourth-order valence-electron chi connectivity index (χ4n) is 1.16. The van der Waals surface area contributed by atoms with Crippen LogP contribution in [0.3, 0.4) is 0 Å². The van der Waals surface area contributed by atoms with E-state index in [0.717, 1.165) is 0 Å². The number of hydrogen-bond donors (Lipinski definition) is 4. The summed E-state index contributed by atoms with van der Waals surface area (Å²) in [5.41, 5.74) is 6.30. The van der Waals surface area contributed by atoms with Crippen molar-refractivity contribution in [2.75, 3.05) is 25.0 Å². The molecule has 5 N–H and O–H groups in total. The second-order valence-electron chi connectivity index (χ2n) is 3.22. The molecule has 1 rings (SSSR count). The lowest BCUT2D eigenvalue weighted by Gasteiger charge is -2.14. The van der Waals surface area contributed by atoms with Gasteiger partial charge in [0, 0.05) is 19.3 Å². The summed E-state index contributed by atoms with van der Waals surface area (Å²) in [6.07, 6.45) is 1.24. The highest BCUT2D eigenvalue weighted by Crippen LogP contribution is 2.05. The Morgan fingerprint density at radius 1 is 1.62 bits per heavy atom. The zero-order chi connectivity index (χ0) is 11.8. The number of aliphatic hydroxyl groups excluding tert-OH is 1. The minimum atomic E-state index is -0.312. The van der Waals surface area contributed by atoms with Crippen LogP contribution in [0.4, 0.5) is 5.82 Å². The van der Waals surface area contributed by atoms with Gasteiger partial charge < -0.3 is 21.5 Å². The predicted molar refractivity (Wildman–Crippen MR) is 60.5 cm³/mol. The van der Waals surface area contributed by atoms with Crippen LogP contribution in [0.15, 0.2) is 18.3 Å². The summed E-state index contributed by atoms with van der Waals surface area (Å²) in [7, 11) is 0. The van der Waals surface area contributed by atoms with Crippen LogP contribution in [0.2, 0.25) is 0 Å². The van der Waals surface area contributed by atoms with Crippen molar-refractivity contribution in [2.45, 2.75) is 6.17 Å². The highest BCUT2D eigenvalue weighted by Gasteiger charge is 2.02. The Hall–Kier alpha value is -1.68. The van der Waals surface area contributed by atoms with Crippen molar-refractivity contribution < 1.29 is 5.11 Å². The maximum atomic E-state index is 8.69. The first-order valence-corrected chi connectivity index (χ1v) is 4.96. The minimum absolute atomic E-state index is 0.0783. The van der Waals surface area contributed by atoms with Gasteiger partial charge >= 0.3 is 0 Å². The van der Waals surface area contributed by atoms with Crippen LogP contribution in [0.25, 0.3) is 0 Å². The van der Waals surface area contributed by atoms with Crippen LogP contribution in [0, 0.1) is 11.3 Å². The van der Waals surface area contributed by atoms with E-state index in [0.29, 0.717) is 24.5 Å². The molecule has 0 bridgehead atoms. The Bertz CT molecular complexity index is 362. The van der Waals surface area contributed by atoms with Gasteiger partial charge in [-0.1, -0.05) is 0 Å². The van der Waals surface area contributed by atoms with E-state index in [-0.39, 0.29) is 12.8 Å². The molecule has 0 spiro atoms. The van der Waals surface area contributed by atoms with Gasteiger partial charge in [-0.05, 0) is 12.1 Å². The molecule has 0 aliphatic heterocycles. The van der Waals surface area contributed by atoms with Gasteiger partial charge in [-0.15, -0.1) is 0 Å². The number of anilines is 1.